The summed E-state index contributed by atoms with van der Waals surface area (Å²) in [6.07, 6.45) is 5.25. The molecule has 1 unspecified atom stereocenters. The van der Waals surface area contributed by atoms with Gasteiger partial charge in [-0.3, -0.25) is 14.1 Å². The van der Waals surface area contributed by atoms with Gasteiger partial charge in [0.1, 0.15) is 0 Å². The van der Waals surface area contributed by atoms with Crippen molar-refractivity contribution in [2.75, 3.05) is 13.2 Å². The van der Waals surface area contributed by atoms with Gasteiger partial charge in [0, 0.05) is 0 Å². The lowest BCUT2D eigenvalue weighted by molar-refractivity contribution is -0.150. The van der Waals surface area contributed by atoms with Gasteiger partial charge in [-0.05, 0) is 12.8 Å². The van der Waals surface area contributed by atoms with Crippen molar-refractivity contribution < 1.29 is 32.0 Å². The van der Waals surface area contributed by atoms with E-state index in [0.29, 0.717) is 12.8 Å². The SMILES string of the molecule is CCCCCCOC(=O)C(CC(=O)OCCCCC)S(=O)(=O)O. The predicted molar refractivity (Wildman–Crippen MR) is 85.5 cm³/mol. The minimum absolute atomic E-state index is 0.0659. The molecule has 0 bridgehead atoms. The van der Waals surface area contributed by atoms with Crippen molar-refractivity contribution in [1.29, 1.82) is 0 Å². The Morgan fingerprint density at radius 1 is 0.913 bits per heavy atom. The maximum atomic E-state index is 11.8. The quantitative estimate of drug-likeness (QED) is 0.308. The van der Waals surface area contributed by atoms with Gasteiger partial charge in [-0.15, -0.1) is 0 Å². The van der Waals surface area contributed by atoms with Crippen LogP contribution >= 0.6 is 0 Å². The minimum Gasteiger partial charge on any atom is -0.466 e. The molecule has 7 nitrogen and oxygen atoms in total. The standard InChI is InChI=1S/C15H28O7S/c1-3-5-7-9-11-22-15(17)13(23(18,19)20)12-14(16)21-10-8-6-4-2/h13H,3-12H2,1-2H3,(H,18,19,20). The third kappa shape index (κ3) is 11.1. The third-order valence-electron chi connectivity index (χ3n) is 3.23. The van der Waals surface area contributed by atoms with Gasteiger partial charge in [0.15, 0.2) is 5.25 Å². The van der Waals surface area contributed by atoms with Gasteiger partial charge >= 0.3 is 11.9 Å². The summed E-state index contributed by atoms with van der Waals surface area (Å²) in [6.45, 7) is 4.26. The fourth-order valence-corrected chi connectivity index (χ4v) is 2.51. The highest BCUT2D eigenvalue weighted by atomic mass is 32.2. The average Bonchev–Trinajstić information content (AvgIpc) is 2.47. The Bertz CT molecular complexity index is 445. The summed E-state index contributed by atoms with van der Waals surface area (Å²) in [4.78, 5) is 23.3. The van der Waals surface area contributed by atoms with E-state index in [1.54, 1.807) is 0 Å². The Kier molecular flexibility index (Phi) is 11.7. The van der Waals surface area contributed by atoms with Gasteiger partial charge < -0.3 is 9.47 Å². The summed E-state index contributed by atoms with van der Waals surface area (Å²) in [5, 5.41) is -1.92. The van der Waals surface area contributed by atoms with Crippen LogP contribution in [-0.4, -0.2) is 43.4 Å². The van der Waals surface area contributed by atoms with Crippen LogP contribution in [0.3, 0.4) is 0 Å². The molecule has 0 aliphatic heterocycles. The highest BCUT2D eigenvalue weighted by Gasteiger charge is 2.35. The van der Waals surface area contributed by atoms with E-state index in [2.05, 4.69) is 0 Å². The number of carbonyl (C=O) groups excluding carboxylic acids is 2. The van der Waals surface area contributed by atoms with Gasteiger partial charge in [0.25, 0.3) is 10.1 Å². The van der Waals surface area contributed by atoms with Crippen LogP contribution in [0.4, 0.5) is 0 Å². The lowest BCUT2D eigenvalue weighted by Gasteiger charge is -2.13. The molecule has 0 heterocycles. The topological polar surface area (TPSA) is 107 Å². The second kappa shape index (κ2) is 12.3. The molecule has 0 aromatic carbocycles. The molecule has 1 N–H and O–H groups in total. The number of hydrogen-bond donors (Lipinski definition) is 1. The molecular formula is C15H28O7S. The summed E-state index contributed by atoms with van der Waals surface area (Å²) >= 11 is 0. The highest BCUT2D eigenvalue weighted by Crippen LogP contribution is 2.10. The lowest BCUT2D eigenvalue weighted by Crippen LogP contribution is -2.34. The zero-order valence-electron chi connectivity index (χ0n) is 14.0. The van der Waals surface area contributed by atoms with Crippen molar-refractivity contribution >= 4 is 22.1 Å². The van der Waals surface area contributed by atoms with Crippen LogP contribution in [-0.2, 0) is 29.2 Å². The second-order valence-electron chi connectivity index (χ2n) is 5.36. The minimum atomic E-state index is -4.72. The van der Waals surface area contributed by atoms with E-state index >= 15 is 0 Å². The van der Waals surface area contributed by atoms with Gasteiger partial charge in [-0.25, -0.2) is 0 Å². The molecule has 136 valence electrons. The first-order valence-corrected chi connectivity index (χ1v) is 9.61. The number of ether oxygens (including phenoxy) is 2. The Morgan fingerprint density at radius 2 is 1.43 bits per heavy atom. The molecule has 8 heteroatoms. The molecule has 0 rings (SSSR count). The largest absolute Gasteiger partial charge is 0.466 e. The number of hydrogen-bond acceptors (Lipinski definition) is 6. The highest BCUT2D eigenvalue weighted by molar-refractivity contribution is 7.87. The Morgan fingerprint density at radius 3 is 2.00 bits per heavy atom. The Hall–Kier alpha value is -1.15. The van der Waals surface area contributed by atoms with Crippen LogP contribution in [0.25, 0.3) is 0 Å². The van der Waals surface area contributed by atoms with Crippen LogP contribution in [0.5, 0.6) is 0 Å². The van der Waals surface area contributed by atoms with Gasteiger partial charge in [-0.2, -0.15) is 8.42 Å². The lowest BCUT2D eigenvalue weighted by atomic mass is 10.2. The van der Waals surface area contributed by atoms with Crippen LogP contribution in [0.15, 0.2) is 0 Å². The van der Waals surface area contributed by atoms with E-state index in [4.69, 9.17) is 14.0 Å². The normalized spacial score (nSPS) is 12.7. The number of unbranched alkanes of at least 4 members (excludes halogenated alkanes) is 5. The fourth-order valence-electron chi connectivity index (χ4n) is 1.85. The fraction of sp³-hybridized carbons (Fsp3) is 0.867. The van der Waals surface area contributed by atoms with Gasteiger partial charge in [0.2, 0.25) is 0 Å². The van der Waals surface area contributed by atoms with Crippen molar-refractivity contribution in [3.8, 4) is 0 Å². The zero-order chi connectivity index (χ0) is 17.7. The predicted octanol–water partition coefficient (Wildman–Crippen LogP) is 2.49. The van der Waals surface area contributed by atoms with E-state index in [-0.39, 0.29) is 13.2 Å². The summed E-state index contributed by atoms with van der Waals surface area (Å²) in [7, 11) is -4.72. The van der Waals surface area contributed by atoms with Crippen LogP contribution in [0.2, 0.25) is 0 Å². The summed E-state index contributed by atoms with van der Waals surface area (Å²) in [6, 6.07) is 0. The molecule has 0 saturated heterocycles. The molecule has 0 radical (unpaired) electrons. The van der Waals surface area contributed by atoms with Crippen LogP contribution in [0, 0.1) is 0 Å². The Balaban J connectivity index is 4.36. The van der Waals surface area contributed by atoms with Crippen molar-refractivity contribution in [3.63, 3.8) is 0 Å². The monoisotopic (exact) mass is 352 g/mol. The zero-order valence-corrected chi connectivity index (χ0v) is 14.8. The van der Waals surface area contributed by atoms with Crippen molar-refractivity contribution in [3.05, 3.63) is 0 Å². The summed E-state index contributed by atoms with van der Waals surface area (Å²) in [5.74, 6) is -1.96. The first-order valence-electron chi connectivity index (χ1n) is 8.11. The molecule has 0 spiro atoms. The van der Waals surface area contributed by atoms with E-state index in [1.807, 2.05) is 13.8 Å². The van der Waals surface area contributed by atoms with Gasteiger partial charge in [-0.1, -0.05) is 46.0 Å². The molecule has 0 aromatic heterocycles. The molecule has 0 fully saturated rings. The second-order valence-corrected chi connectivity index (χ2v) is 6.96. The summed E-state index contributed by atoms with van der Waals surface area (Å²) < 4.78 is 41.3. The molecule has 0 aromatic rings. The number of carbonyl (C=O) groups is 2. The maximum Gasteiger partial charge on any atom is 0.327 e. The van der Waals surface area contributed by atoms with E-state index in [9.17, 15) is 18.0 Å². The number of rotatable bonds is 13. The summed E-state index contributed by atoms with van der Waals surface area (Å²) in [5.41, 5.74) is 0. The smallest absolute Gasteiger partial charge is 0.327 e. The molecular weight excluding hydrogens is 324 g/mol. The molecule has 1 atom stereocenters. The van der Waals surface area contributed by atoms with E-state index < -0.39 is 33.7 Å². The average molecular weight is 352 g/mol. The molecule has 23 heavy (non-hydrogen) atoms. The maximum absolute atomic E-state index is 11.8. The van der Waals surface area contributed by atoms with E-state index in [0.717, 1.165) is 32.1 Å². The van der Waals surface area contributed by atoms with Crippen molar-refractivity contribution in [2.45, 2.75) is 70.5 Å². The third-order valence-corrected chi connectivity index (χ3v) is 4.31. The van der Waals surface area contributed by atoms with Crippen LogP contribution in [0.1, 0.15) is 65.2 Å². The Labute approximate surface area is 138 Å². The van der Waals surface area contributed by atoms with Crippen LogP contribution < -0.4 is 0 Å². The first-order chi connectivity index (χ1) is 10.8. The molecule has 0 amide bonds. The first kappa shape index (κ1) is 21.9. The molecule has 0 aliphatic carbocycles. The number of esters is 2. The van der Waals surface area contributed by atoms with E-state index in [1.165, 1.54) is 0 Å². The van der Waals surface area contributed by atoms with Gasteiger partial charge in [0.05, 0.1) is 19.6 Å². The van der Waals surface area contributed by atoms with Crippen molar-refractivity contribution in [1.82, 2.24) is 0 Å². The molecule has 0 saturated carbocycles. The molecule has 0 aliphatic rings. The van der Waals surface area contributed by atoms with Crippen molar-refractivity contribution in [2.24, 2.45) is 0 Å².